The number of phenols is 1. The molecule has 16 nitrogen and oxygen atoms in total. The third-order valence-corrected chi connectivity index (χ3v) is 9.40. The Labute approximate surface area is 300 Å². The van der Waals surface area contributed by atoms with Crippen LogP contribution in [0.5, 0.6) is 5.75 Å². The number of amides is 6. The van der Waals surface area contributed by atoms with Crippen molar-refractivity contribution in [1.29, 1.82) is 0 Å². The molecule has 2 aliphatic heterocycles. The molecule has 2 fully saturated rings. The van der Waals surface area contributed by atoms with Gasteiger partial charge in [-0.3, -0.25) is 28.8 Å². The van der Waals surface area contributed by atoms with Crippen LogP contribution in [0, 0.1) is 0 Å². The molecular formula is C36H46N8O8. The van der Waals surface area contributed by atoms with E-state index in [4.69, 9.17) is 5.73 Å². The lowest BCUT2D eigenvalue weighted by molar-refractivity contribution is -0.142. The Morgan fingerprint density at radius 1 is 0.769 bits per heavy atom. The van der Waals surface area contributed by atoms with Crippen molar-refractivity contribution in [2.75, 3.05) is 26.2 Å². The van der Waals surface area contributed by atoms with Gasteiger partial charge >= 0.3 is 0 Å². The lowest BCUT2D eigenvalue weighted by Crippen LogP contribution is -2.61. The molecule has 2 aromatic carbocycles. The molecule has 0 bridgehead atoms. The highest BCUT2D eigenvalue weighted by Crippen LogP contribution is 2.22. The zero-order valence-electron chi connectivity index (χ0n) is 28.7. The summed E-state index contributed by atoms with van der Waals surface area (Å²) in [5.41, 5.74) is 7.85. The van der Waals surface area contributed by atoms with Crippen LogP contribution in [0.25, 0.3) is 10.9 Å². The minimum Gasteiger partial charge on any atom is -0.508 e. The maximum atomic E-state index is 14.2. The standard InChI is InChI=1S/C36H46N8O8/c37-14-4-3-8-26-32(48)43-28(16-21-10-12-23(46)13-11-21)36(52)44-15-5-9-30(44)35(51)39-19-31(47)40-29(20-45)34(50)42-27(33(49)41-26)17-22-18-38-25-7-2-1-6-24(22)25/h1-2,6-7,10-13,18,26-30,38,45-46H,3-5,8-9,14-17,19-20,37H2,(H,39,51)(H,40,47)(H,41,49)(H,42,50)(H,43,48)/t26-,27-,28-,29-,30-/m0/s1. The molecule has 0 aliphatic carbocycles. The van der Waals surface area contributed by atoms with Gasteiger partial charge < -0.3 is 52.4 Å². The van der Waals surface area contributed by atoms with Gasteiger partial charge in [0.2, 0.25) is 35.4 Å². The molecule has 5 rings (SSSR count). The summed E-state index contributed by atoms with van der Waals surface area (Å²) in [5.74, 6) is -4.07. The van der Waals surface area contributed by atoms with Crippen LogP contribution in [0.15, 0.2) is 54.7 Å². The molecule has 0 saturated carbocycles. The molecule has 10 N–H and O–H groups in total. The summed E-state index contributed by atoms with van der Waals surface area (Å²) in [6.07, 6.45) is 3.69. The van der Waals surface area contributed by atoms with Crippen LogP contribution in [0.2, 0.25) is 0 Å². The number of carbonyl (C=O) groups is 6. The van der Waals surface area contributed by atoms with E-state index in [-0.39, 0.29) is 31.6 Å². The number of nitrogens with two attached hydrogens (primary N) is 1. The molecule has 2 saturated heterocycles. The number of hydrogen-bond donors (Lipinski definition) is 9. The Balaban J connectivity index is 1.50. The summed E-state index contributed by atoms with van der Waals surface area (Å²) < 4.78 is 0. The third kappa shape index (κ3) is 9.44. The quantitative estimate of drug-likeness (QED) is 0.121. The van der Waals surface area contributed by atoms with E-state index in [9.17, 15) is 39.0 Å². The second kappa shape index (κ2) is 17.6. The first-order valence-electron chi connectivity index (χ1n) is 17.5. The molecular weight excluding hydrogens is 672 g/mol. The maximum absolute atomic E-state index is 14.2. The van der Waals surface area contributed by atoms with E-state index in [2.05, 4.69) is 31.6 Å². The average molecular weight is 719 g/mol. The number of rotatable bonds is 9. The summed E-state index contributed by atoms with van der Waals surface area (Å²) in [6.45, 7) is -0.775. The topological polar surface area (TPSA) is 248 Å². The smallest absolute Gasteiger partial charge is 0.246 e. The van der Waals surface area contributed by atoms with Crippen molar-refractivity contribution >= 4 is 46.3 Å². The zero-order valence-corrected chi connectivity index (χ0v) is 28.7. The number of phenolic OH excluding ortho intramolecular Hbond substituents is 1. The third-order valence-electron chi connectivity index (χ3n) is 9.40. The van der Waals surface area contributed by atoms with Crippen LogP contribution in [0.3, 0.4) is 0 Å². The molecule has 3 heterocycles. The largest absolute Gasteiger partial charge is 0.508 e. The van der Waals surface area contributed by atoms with E-state index < -0.39 is 78.8 Å². The van der Waals surface area contributed by atoms with Gasteiger partial charge in [0.15, 0.2) is 0 Å². The Bertz CT molecular complexity index is 1760. The molecule has 3 aromatic rings. The first-order valence-corrected chi connectivity index (χ1v) is 17.5. The van der Waals surface area contributed by atoms with Gasteiger partial charge in [0.05, 0.1) is 13.2 Å². The summed E-state index contributed by atoms with van der Waals surface area (Å²) in [5, 5.41) is 33.8. The van der Waals surface area contributed by atoms with E-state index in [0.29, 0.717) is 43.4 Å². The number of aromatic hydroxyl groups is 1. The number of aromatic nitrogens is 1. The Hall–Kier alpha value is -5.48. The van der Waals surface area contributed by atoms with Crippen molar-refractivity contribution in [3.8, 4) is 5.75 Å². The van der Waals surface area contributed by atoms with Crippen molar-refractivity contribution in [2.24, 2.45) is 5.73 Å². The van der Waals surface area contributed by atoms with Gasteiger partial charge in [0.1, 0.15) is 36.0 Å². The Kier molecular flexibility index (Phi) is 12.8. The highest BCUT2D eigenvalue weighted by molar-refractivity contribution is 5.98. The highest BCUT2D eigenvalue weighted by atomic mass is 16.3. The van der Waals surface area contributed by atoms with E-state index >= 15 is 0 Å². The molecule has 52 heavy (non-hydrogen) atoms. The highest BCUT2D eigenvalue weighted by Gasteiger charge is 2.39. The van der Waals surface area contributed by atoms with Crippen LogP contribution >= 0.6 is 0 Å². The number of para-hydroxylation sites is 1. The summed E-state index contributed by atoms with van der Waals surface area (Å²) >= 11 is 0. The van der Waals surface area contributed by atoms with Crippen LogP contribution < -0.4 is 32.3 Å². The van der Waals surface area contributed by atoms with Gasteiger partial charge in [-0.2, -0.15) is 0 Å². The van der Waals surface area contributed by atoms with Crippen LogP contribution in [-0.4, -0.2) is 112 Å². The number of benzene rings is 2. The normalized spacial score (nSPS) is 23.9. The minimum atomic E-state index is -1.46. The maximum Gasteiger partial charge on any atom is 0.246 e. The van der Waals surface area contributed by atoms with Crippen molar-refractivity contribution in [3.05, 3.63) is 65.9 Å². The SMILES string of the molecule is NCCCC[C@@H]1NC(=O)[C@H](Cc2c[nH]c3ccccc23)NC(=O)[C@H](CO)NC(=O)CNC(=O)[C@@H]2CCCN2C(=O)[C@H](Cc2ccc(O)cc2)NC1=O. The first kappa shape index (κ1) is 37.8. The molecule has 16 heteroatoms. The number of carbonyl (C=O) groups excluding carboxylic acids is 6. The number of nitrogens with zero attached hydrogens (tertiary/aromatic N) is 1. The molecule has 0 unspecified atom stereocenters. The van der Waals surface area contributed by atoms with Gasteiger partial charge in [-0.05, 0) is 68.0 Å². The van der Waals surface area contributed by atoms with E-state index in [1.165, 1.54) is 17.0 Å². The van der Waals surface area contributed by atoms with Crippen molar-refractivity contribution in [2.45, 2.75) is 75.2 Å². The molecule has 6 amide bonds. The number of aromatic amines is 1. The number of fused-ring (bicyclic) bond motifs is 2. The number of unbranched alkanes of at least 4 members (excludes halogenated alkanes) is 1. The second-order valence-electron chi connectivity index (χ2n) is 13.1. The van der Waals surface area contributed by atoms with Crippen LogP contribution in [0.4, 0.5) is 0 Å². The van der Waals surface area contributed by atoms with Crippen molar-refractivity contribution in [3.63, 3.8) is 0 Å². The van der Waals surface area contributed by atoms with Gasteiger partial charge in [-0.25, -0.2) is 0 Å². The number of aliphatic hydroxyl groups is 1. The number of H-pyrrole nitrogens is 1. The number of nitrogens with one attached hydrogen (secondary N) is 6. The molecule has 2 aliphatic rings. The molecule has 5 atom stereocenters. The molecule has 1 aromatic heterocycles. The number of aliphatic hydroxyl groups excluding tert-OH is 1. The predicted octanol–water partition coefficient (Wildman–Crippen LogP) is -1.16. The fourth-order valence-corrected chi connectivity index (χ4v) is 6.60. The van der Waals surface area contributed by atoms with E-state index in [0.717, 1.165) is 10.9 Å². The van der Waals surface area contributed by atoms with Crippen molar-refractivity contribution in [1.82, 2.24) is 36.5 Å². The van der Waals surface area contributed by atoms with Gasteiger partial charge in [-0.15, -0.1) is 0 Å². The van der Waals surface area contributed by atoms with E-state index in [1.807, 2.05) is 24.3 Å². The summed E-state index contributed by atoms with van der Waals surface area (Å²) in [7, 11) is 0. The average Bonchev–Trinajstić information content (AvgIpc) is 3.80. The summed E-state index contributed by atoms with van der Waals surface area (Å²) in [6, 6.07) is 7.57. The zero-order chi connectivity index (χ0) is 37.2. The van der Waals surface area contributed by atoms with Gasteiger partial charge in [-0.1, -0.05) is 30.3 Å². The number of hydrogen-bond acceptors (Lipinski definition) is 9. The fourth-order valence-electron chi connectivity index (χ4n) is 6.60. The lowest BCUT2D eigenvalue weighted by Gasteiger charge is -2.30. The Morgan fingerprint density at radius 2 is 1.46 bits per heavy atom. The molecule has 278 valence electrons. The lowest BCUT2D eigenvalue weighted by atomic mass is 10.0. The molecule has 0 radical (unpaired) electrons. The van der Waals surface area contributed by atoms with Gasteiger partial charge in [0, 0.05) is 36.5 Å². The van der Waals surface area contributed by atoms with Gasteiger partial charge in [0.25, 0.3) is 0 Å². The summed E-state index contributed by atoms with van der Waals surface area (Å²) in [4.78, 5) is 86.4. The predicted molar refractivity (Wildman–Crippen MR) is 189 cm³/mol. The minimum absolute atomic E-state index is 0.0147. The Morgan fingerprint density at radius 3 is 2.21 bits per heavy atom. The van der Waals surface area contributed by atoms with E-state index in [1.54, 1.807) is 18.3 Å². The monoisotopic (exact) mass is 718 g/mol. The fraction of sp³-hybridized carbons (Fsp3) is 0.444. The van der Waals surface area contributed by atoms with Crippen LogP contribution in [-0.2, 0) is 41.6 Å². The van der Waals surface area contributed by atoms with Crippen LogP contribution in [0.1, 0.15) is 43.2 Å². The second-order valence-corrected chi connectivity index (χ2v) is 13.1. The first-order chi connectivity index (χ1) is 25.1. The van der Waals surface area contributed by atoms with Crippen molar-refractivity contribution < 1.29 is 39.0 Å². The molecule has 0 spiro atoms.